The number of aromatic nitrogens is 1. The predicted molar refractivity (Wildman–Crippen MR) is 74.7 cm³/mol. The molecule has 0 radical (unpaired) electrons. The first-order chi connectivity index (χ1) is 8.84. The average molecular weight is 259 g/mol. The highest BCUT2D eigenvalue weighted by Crippen LogP contribution is 2.36. The topological polar surface area (TPSA) is 48.4 Å². The number of aldehydes is 1. The molecular weight excluding hydrogens is 241 g/mol. The van der Waals surface area contributed by atoms with Gasteiger partial charge >= 0.3 is 7.12 Å². The van der Waals surface area contributed by atoms with E-state index in [1.807, 2.05) is 33.7 Å². The van der Waals surface area contributed by atoms with Crippen LogP contribution < -0.4 is 0 Å². The van der Waals surface area contributed by atoms with E-state index in [1.165, 1.54) is 0 Å². The van der Waals surface area contributed by atoms with Crippen LogP contribution >= 0.6 is 0 Å². The van der Waals surface area contributed by atoms with Crippen molar-refractivity contribution >= 4 is 19.5 Å². The Bertz CT molecular complexity index is 495. The number of hydrogen-bond donors (Lipinski definition) is 0. The molecule has 0 N–H and O–H groups in total. The van der Waals surface area contributed by atoms with Crippen molar-refractivity contribution in [3.05, 3.63) is 35.6 Å². The zero-order valence-corrected chi connectivity index (χ0v) is 11.7. The van der Waals surface area contributed by atoms with Gasteiger partial charge in [0.1, 0.15) is 6.29 Å². The molecule has 1 saturated heterocycles. The van der Waals surface area contributed by atoms with E-state index in [2.05, 4.69) is 4.98 Å². The molecule has 1 fully saturated rings. The molecule has 0 spiro atoms. The van der Waals surface area contributed by atoms with Crippen LogP contribution in [0, 0.1) is 0 Å². The number of carbonyl (C=O) groups is 1. The number of carbonyl (C=O) groups excluding carboxylic acids is 1. The van der Waals surface area contributed by atoms with Gasteiger partial charge in [-0.2, -0.15) is 0 Å². The molecule has 0 amide bonds. The number of hydrogen-bond acceptors (Lipinski definition) is 4. The van der Waals surface area contributed by atoms with Crippen molar-refractivity contribution in [1.82, 2.24) is 4.98 Å². The third-order valence-corrected chi connectivity index (χ3v) is 3.64. The van der Waals surface area contributed by atoms with Crippen molar-refractivity contribution in [2.75, 3.05) is 0 Å². The average Bonchev–Trinajstić information content (AvgIpc) is 2.56. The Morgan fingerprint density at radius 2 is 1.84 bits per heavy atom. The lowest BCUT2D eigenvalue weighted by Crippen LogP contribution is -2.41. The summed E-state index contributed by atoms with van der Waals surface area (Å²) in [5.41, 5.74) is 0.614. The second-order valence-electron chi connectivity index (χ2n) is 5.62. The maximum atomic E-state index is 10.7. The lowest BCUT2D eigenvalue weighted by molar-refractivity contribution is 0.00578. The SMILES string of the molecule is CC1(C)OB(/C=C/c2cc(C=O)ccn2)OC1(C)C. The van der Waals surface area contributed by atoms with Crippen LogP contribution in [0.5, 0.6) is 0 Å². The molecule has 0 aliphatic carbocycles. The Balaban J connectivity index is 2.10. The Kier molecular flexibility index (Phi) is 3.61. The van der Waals surface area contributed by atoms with Gasteiger partial charge in [-0.3, -0.25) is 9.78 Å². The van der Waals surface area contributed by atoms with E-state index in [0.29, 0.717) is 11.3 Å². The second kappa shape index (κ2) is 4.91. The molecule has 1 aromatic heterocycles. The van der Waals surface area contributed by atoms with Gasteiger partial charge in [-0.1, -0.05) is 5.98 Å². The van der Waals surface area contributed by atoms with Crippen molar-refractivity contribution in [3.8, 4) is 0 Å². The van der Waals surface area contributed by atoms with Crippen molar-refractivity contribution in [1.29, 1.82) is 0 Å². The summed E-state index contributed by atoms with van der Waals surface area (Å²) >= 11 is 0. The molecule has 0 saturated carbocycles. The van der Waals surface area contributed by atoms with Gasteiger partial charge in [-0.15, -0.1) is 0 Å². The molecule has 19 heavy (non-hydrogen) atoms. The molecule has 2 rings (SSSR count). The van der Waals surface area contributed by atoms with E-state index in [-0.39, 0.29) is 11.2 Å². The first-order valence-electron chi connectivity index (χ1n) is 6.29. The van der Waals surface area contributed by atoms with Gasteiger partial charge in [-0.25, -0.2) is 0 Å². The Labute approximate surface area is 114 Å². The van der Waals surface area contributed by atoms with Crippen LogP contribution in [0.2, 0.25) is 0 Å². The highest BCUT2D eigenvalue weighted by Gasteiger charge is 2.49. The molecule has 1 aliphatic heterocycles. The highest BCUT2D eigenvalue weighted by atomic mass is 16.7. The molecule has 1 aliphatic rings. The number of rotatable bonds is 3. The van der Waals surface area contributed by atoms with Gasteiger partial charge < -0.3 is 9.31 Å². The smallest absolute Gasteiger partial charge is 0.400 e. The van der Waals surface area contributed by atoms with E-state index in [1.54, 1.807) is 24.4 Å². The summed E-state index contributed by atoms with van der Waals surface area (Å²) in [5.74, 6) is 1.81. The van der Waals surface area contributed by atoms with Gasteiger partial charge in [0.15, 0.2) is 0 Å². The Hall–Kier alpha value is -1.46. The number of pyridine rings is 1. The maximum Gasteiger partial charge on any atom is 0.487 e. The van der Waals surface area contributed by atoms with Gasteiger partial charge in [0, 0.05) is 11.8 Å². The fraction of sp³-hybridized carbons (Fsp3) is 0.429. The molecule has 2 heterocycles. The minimum Gasteiger partial charge on any atom is -0.400 e. The van der Waals surface area contributed by atoms with Crippen molar-refractivity contribution in [2.24, 2.45) is 0 Å². The van der Waals surface area contributed by atoms with Crippen molar-refractivity contribution < 1.29 is 14.1 Å². The standard InChI is InChI=1S/C14H18BNO3/c1-13(2)14(3,4)19-15(18-13)7-5-12-9-11(10-17)6-8-16-12/h5-10H,1-4H3/b7-5+. The van der Waals surface area contributed by atoms with Crippen molar-refractivity contribution in [2.45, 2.75) is 38.9 Å². The molecule has 5 heteroatoms. The summed E-state index contributed by atoms with van der Waals surface area (Å²) in [5, 5.41) is 0. The van der Waals surface area contributed by atoms with E-state index < -0.39 is 7.12 Å². The predicted octanol–water partition coefficient (Wildman–Crippen LogP) is 2.54. The molecule has 0 aromatic carbocycles. The van der Waals surface area contributed by atoms with Crippen LogP contribution in [-0.4, -0.2) is 29.6 Å². The summed E-state index contributed by atoms with van der Waals surface area (Å²) in [6.07, 6.45) is 4.20. The zero-order chi connectivity index (χ0) is 14.1. The second-order valence-corrected chi connectivity index (χ2v) is 5.62. The third-order valence-electron chi connectivity index (χ3n) is 3.64. The highest BCUT2D eigenvalue weighted by molar-refractivity contribution is 6.52. The first kappa shape index (κ1) is 14.0. The fourth-order valence-electron chi connectivity index (χ4n) is 1.77. The summed E-state index contributed by atoms with van der Waals surface area (Å²) in [4.78, 5) is 14.9. The van der Waals surface area contributed by atoms with Crippen LogP contribution in [0.4, 0.5) is 0 Å². The van der Waals surface area contributed by atoms with Crippen LogP contribution in [0.25, 0.3) is 6.08 Å². The zero-order valence-electron chi connectivity index (χ0n) is 11.7. The van der Waals surface area contributed by atoms with Crippen LogP contribution in [0.15, 0.2) is 24.3 Å². The molecule has 0 bridgehead atoms. The fourth-order valence-corrected chi connectivity index (χ4v) is 1.77. The third kappa shape index (κ3) is 2.93. The molecule has 100 valence electrons. The van der Waals surface area contributed by atoms with Crippen LogP contribution in [0.3, 0.4) is 0 Å². The summed E-state index contributed by atoms with van der Waals surface area (Å²) in [7, 11) is -0.397. The van der Waals surface area contributed by atoms with E-state index in [9.17, 15) is 4.79 Å². The van der Waals surface area contributed by atoms with E-state index in [4.69, 9.17) is 9.31 Å². The molecule has 0 atom stereocenters. The largest absolute Gasteiger partial charge is 0.487 e. The minimum atomic E-state index is -0.397. The Morgan fingerprint density at radius 1 is 1.21 bits per heavy atom. The van der Waals surface area contributed by atoms with Crippen LogP contribution in [0.1, 0.15) is 43.7 Å². The van der Waals surface area contributed by atoms with Gasteiger partial charge in [0.2, 0.25) is 0 Å². The van der Waals surface area contributed by atoms with Gasteiger partial charge in [0.05, 0.1) is 16.9 Å². The van der Waals surface area contributed by atoms with Crippen molar-refractivity contribution in [3.63, 3.8) is 0 Å². The quantitative estimate of drug-likeness (QED) is 0.618. The summed E-state index contributed by atoms with van der Waals surface area (Å²) in [6, 6.07) is 3.38. The molecular formula is C14H18BNO3. The summed E-state index contributed by atoms with van der Waals surface area (Å²) < 4.78 is 11.7. The molecule has 1 aromatic rings. The first-order valence-corrected chi connectivity index (χ1v) is 6.29. The van der Waals surface area contributed by atoms with E-state index in [0.717, 1.165) is 6.29 Å². The lowest BCUT2D eigenvalue weighted by atomic mass is 9.89. The maximum absolute atomic E-state index is 10.7. The lowest BCUT2D eigenvalue weighted by Gasteiger charge is -2.32. The Morgan fingerprint density at radius 3 is 2.42 bits per heavy atom. The van der Waals surface area contributed by atoms with Crippen LogP contribution in [-0.2, 0) is 9.31 Å². The summed E-state index contributed by atoms with van der Waals surface area (Å²) in [6.45, 7) is 8.02. The monoisotopic (exact) mass is 259 g/mol. The molecule has 0 unspecified atom stereocenters. The normalized spacial score (nSPS) is 20.9. The van der Waals surface area contributed by atoms with E-state index >= 15 is 0 Å². The minimum absolute atomic E-state index is 0.347. The number of nitrogens with zero attached hydrogens (tertiary/aromatic N) is 1. The van der Waals surface area contributed by atoms with Gasteiger partial charge in [0.25, 0.3) is 0 Å². The van der Waals surface area contributed by atoms with Gasteiger partial charge in [-0.05, 0) is 45.9 Å². The molecule has 4 nitrogen and oxygen atoms in total.